The van der Waals surface area contributed by atoms with Crippen LogP contribution in [0.15, 0.2) is 70.4 Å². The van der Waals surface area contributed by atoms with Crippen LogP contribution in [0.1, 0.15) is 50.9 Å². The lowest BCUT2D eigenvalue weighted by Crippen LogP contribution is -2.41. The summed E-state index contributed by atoms with van der Waals surface area (Å²) < 4.78 is 19.3. The minimum atomic E-state index is -1.07. The van der Waals surface area contributed by atoms with Gasteiger partial charge in [-0.1, -0.05) is 35.4 Å². The van der Waals surface area contributed by atoms with E-state index in [-0.39, 0.29) is 26.0 Å². The van der Waals surface area contributed by atoms with Gasteiger partial charge in [0.1, 0.15) is 25.0 Å². The molecule has 196 valence electrons. The number of hydrogen-bond donors (Lipinski definition) is 0. The van der Waals surface area contributed by atoms with Gasteiger partial charge in [0.05, 0.1) is 23.6 Å². The molecule has 1 aliphatic rings. The number of carbonyl (C=O) groups is 2. The van der Waals surface area contributed by atoms with Gasteiger partial charge in [-0.25, -0.2) is 19.0 Å². The zero-order chi connectivity index (χ0) is 27.2. The predicted octanol–water partition coefficient (Wildman–Crippen LogP) is 2.91. The molecule has 0 N–H and O–H groups in total. The third kappa shape index (κ3) is 6.07. The lowest BCUT2D eigenvalue weighted by molar-refractivity contribution is -0.0592. The first-order valence-corrected chi connectivity index (χ1v) is 12.1. The van der Waals surface area contributed by atoms with E-state index in [1.54, 1.807) is 48.5 Å². The number of nitriles is 1. The second-order valence-electron chi connectivity index (χ2n) is 9.05. The number of benzene rings is 2. The van der Waals surface area contributed by atoms with Crippen molar-refractivity contribution in [3.63, 3.8) is 0 Å². The Kier molecular flexibility index (Phi) is 8.19. The number of nitrogens with zero attached hydrogens (tertiary/aromatic N) is 3. The van der Waals surface area contributed by atoms with E-state index in [1.807, 2.05) is 19.9 Å². The summed E-state index contributed by atoms with van der Waals surface area (Å²) in [4.78, 5) is 51.1. The number of esters is 2. The average Bonchev–Trinajstić information content (AvgIpc) is 3.29. The topological polar surface area (TPSA) is 130 Å². The van der Waals surface area contributed by atoms with Crippen LogP contribution < -0.4 is 11.2 Å². The van der Waals surface area contributed by atoms with Crippen molar-refractivity contribution < 1.29 is 23.8 Å². The molecule has 1 aliphatic heterocycles. The second kappa shape index (κ2) is 11.7. The molecule has 10 nitrogen and oxygen atoms in total. The van der Waals surface area contributed by atoms with Crippen molar-refractivity contribution in [3.05, 3.63) is 104 Å². The molecule has 38 heavy (non-hydrogen) atoms. The van der Waals surface area contributed by atoms with Gasteiger partial charge in [-0.15, -0.1) is 0 Å². The minimum Gasteiger partial charge on any atom is -0.459 e. The fourth-order valence-electron chi connectivity index (χ4n) is 4.09. The number of hydrogen-bond acceptors (Lipinski definition) is 8. The summed E-state index contributed by atoms with van der Waals surface area (Å²) >= 11 is 0. The smallest absolute Gasteiger partial charge is 0.338 e. The van der Waals surface area contributed by atoms with Gasteiger partial charge in [0.2, 0.25) is 0 Å². The van der Waals surface area contributed by atoms with E-state index >= 15 is 0 Å². The standard InChI is InChI=1S/C28H27N3O7/c1-18-4-8-20(9-5-18)26(33)36-17-23-22(38-27(34)21-10-6-19(2)7-11-21)16-25(37-23)31-24(32)12-15-30(28(31)35)14-3-13-29/h4-12,15,22-23,25H,3,14,16-17H2,1-2H3. The third-order valence-corrected chi connectivity index (χ3v) is 6.23. The third-order valence-electron chi connectivity index (χ3n) is 6.23. The van der Waals surface area contributed by atoms with Crippen molar-refractivity contribution in [2.45, 2.75) is 51.7 Å². The van der Waals surface area contributed by atoms with Crippen molar-refractivity contribution in [1.29, 1.82) is 5.26 Å². The lowest BCUT2D eigenvalue weighted by atomic mass is 10.1. The van der Waals surface area contributed by atoms with Gasteiger partial charge in [0.15, 0.2) is 0 Å². The van der Waals surface area contributed by atoms with Gasteiger partial charge in [0, 0.05) is 25.2 Å². The highest BCUT2D eigenvalue weighted by atomic mass is 16.6. The zero-order valence-electron chi connectivity index (χ0n) is 21.0. The van der Waals surface area contributed by atoms with Crippen LogP contribution in [0.25, 0.3) is 0 Å². The molecule has 3 unspecified atom stereocenters. The minimum absolute atomic E-state index is 0.0121. The summed E-state index contributed by atoms with van der Waals surface area (Å²) in [5.41, 5.74) is 1.37. The van der Waals surface area contributed by atoms with Crippen molar-refractivity contribution >= 4 is 11.9 Å². The van der Waals surface area contributed by atoms with Gasteiger partial charge >= 0.3 is 17.6 Å². The van der Waals surface area contributed by atoms with Crippen LogP contribution in [0.3, 0.4) is 0 Å². The van der Waals surface area contributed by atoms with Crippen molar-refractivity contribution in [2.24, 2.45) is 0 Å². The molecule has 0 radical (unpaired) electrons. The van der Waals surface area contributed by atoms with E-state index < -0.39 is 41.6 Å². The maximum absolute atomic E-state index is 13.0. The van der Waals surface area contributed by atoms with E-state index in [0.717, 1.165) is 15.7 Å². The van der Waals surface area contributed by atoms with Crippen LogP contribution in [-0.2, 0) is 20.8 Å². The Morgan fingerprint density at radius 1 is 0.974 bits per heavy atom. The molecule has 0 amide bonds. The molecule has 3 aromatic rings. The normalized spacial score (nSPS) is 18.5. The summed E-state index contributed by atoms with van der Waals surface area (Å²) in [6.45, 7) is 3.63. The molecule has 0 saturated carbocycles. The van der Waals surface area contributed by atoms with Crippen LogP contribution in [0, 0.1) is 25.2 Å². The van der Waals surface area contributed by atoms with Crippen LogP contribution in [0.2, 0.25) is 0 Å². The summed E-state index contributed by atoms with van der Waals surface area (Å²) in [6.07, 6.45) is -1.51. The molecule has 0 aliphatic carbocycles. The fraction of sp³-hybridized carbons (Fsp3) is 0.321. The molecule has 0 bridgehead atoms. The van der Waals surface area contributed by atoms with Gasteiger partial charge in [-0.2, -0.15) is 5.26 Å². The molecule has 2 heterocycles. The molecular formula is C28H27N3O7. The molecule has 1 fully saturated rings. The summed E-state index contributed by atoms with van der Waals surface area (Å²) in [5.74, 6) is -1.20. The monoisotopic (exact) mass is 517 g/mol. The molecule has 1 saturated heterocycles. The number of aryl methyl sites for hydroxylation is 3. The number of carbonyl (C=O) groups excluding carboxylic acids is 2. The van der Waals surface area contributed by atoms with Crippen LogP contribution in [-0.4, -0.2) is 39.9 Å². The molecule has 0 spiro atoms. The molecular weight excluding hydrogens is 490 g/mol. The maximum atomic E-state index is 13.0. The van der Waals surface area contributed by atoms with E-state index in [1.165, 1.54) is 16.8 Å². The Morgan fingerprint density at radius 3 is 2.18 bits per heavy atom. The predicted molar refractivity (Wildman–Crippen MR) is 136 cm³/mol. The van der Waals surface area contributed by atoms with E-state index in [4.69, 9.17) is 19.5 Å². The Morgan fingerprint density at radius 2 is 1.58 bits per heavy atom. The van der Waals surface area contributed by atoms with Crippen LogP contribution in [0.5, 0.6) is 0 Å². The summed E-state index contributed by atoms with van der Waals surface area (Å²) in [5, 5.41) is 8.87. The largest absolute Gasteiger partial charge is 0.459 e. The molecule has 3 atom stereocenters. The molecule has 1 aromatic heterocycles. The maximum Gasteiger partial charge on any atom is 0.338 e. The van der Waals surface area contributed by atoms with Crippen molar-refractivity contribution in [1.82, 2.24) is 9.13 Å². The van der Waals surface area contributed by atoms with Crippen molar-refractivity contribution in [3.8, 4) is 6.07 Å². The number of ether oxygens (including phenoxy) is 3. The van der Waals surface area contributed by atoms with Gasteiger partial charge in [-0.3, -0.25) is 9.36 Å². The molecule has 10 heteroatoms. The first-order chi connectivity index (χ1) is 18.3. The summed E-state index contributed by atoms with van der Waals surface area (Å²) in [6, 6.07) is 16.8. The van der Waals surface area contributed by atoms with Gasteiger partial charge in [0.25, 0.3) is 5.56 Å². The first-order valence-electron chi connectivity index (χ1n) is 12.1. The highest BCUT2D eigenvalue weighted by molar-refractivity contribution is 5.90. The van der Waals surface area contributed by atoms with E-state index in [2.05, 4.69) is 0 Å². The number of rotatable bonds is 8. The van der Waals surface area contributed by atoms with Gasteiger partial charge < -0.3 is 14.2 Å². The highest BCUT2D eigenvalue weighted by Gasteiger charge is 2.41. The summed E-state index contributed by atoms with van der Waals surface area (Å²) in [7, 11) is 0. The van der Waals surface area contributed by atoms with E-state index in [9.17, 15) is 19.2 Å². The fourth-order valence-corrected chi connectivity index (χ4v) is 4.09. The molecule has 2 aromatic carbocycles. The first kappa shape index (κ1) is 26.6. The second-order valence-corrected chi connectivity index (χ2v) is 9.05. The van der Waals surface area contributed by atoms with E-state index in [0.29, 0.717) is 11.1 Å². The Hall–Kier alpha value is -4.49. The highest BCUT2D eigenvalue weighted by Crippen LogP contribution is 2.30. The van der Waals surface area contributed by atoms with Crippen molar-refractivity contribution in [2.75, 3.05) is 6.61 Å². The Balaban J connectivity index is 1.57. The van der Waals surface area contributed by atoms with Crippen LogP contribution in [0.4, 0.5) is 0 Å². The quantitative estimate of drug-likeness (QED) is 0.417. The number of aromatic nitrogens is 2. The van der Waals surface area contributed by atoms with Crippen LogP contribution >= 0.6 is 0 Å². The average molecular weight is 518 g/mol. The molecule has 4 rings (SSSR count). The Labute approximate surface area is 218 Å². The van der Waals surface area contributed by atoms with Gasteiger partial charge in [-0.05, 0) is 38.1 Å². The zero-order valence-corrected chi connectivity index (χ0v) is 21.0. The SMILES string of the molecule is Cc1ccc(C(=O)OCC2OC(n3c(=O)ccn(CCC#N)c3=O)CC2OC(=O)c2ccc(C)cc2)cc1. The Bertz CT molecular complexity index is 1470. The lowest BCUT2D eigenvalue weighted by Gasteiger charge is -2.19.